The van der Waals surface area contributed by atoms with E-state index in [2.05, 4.69) is 111 Å². The SMILES string of the molecule is C[N+](C)(C)CCCCOc1ccc(CBr)cc1.C[N+](C)(C)CCCCOc1ccc(COC(=O)N2CCC(C(=O)O)CC2)cc1.C[Si](C)(C)Br.O=C(O)C1CCNCC1. The molecule has 0 spiro atoms. The second-order valence-electron chi connectivity index (χ2n) is 18.1. The maximum atomic E-state index is 12.1. The van der Waals surface area contributed by atoms with Gasteiger partial charge in [-0.05, 0) is 99.8 Å². The minimum absolute atomic E-state index is 0.0914. The van der Waals surface area contributed by atoms with Gasteiger partial charge in [-0.15, -0.1) is 15.3 Å². The number of aliphatic carboxylic acids is 2. The number of hydrogen-bond acceptors (Lipinski definition) is 7. The van der Waals surface area contributed by atoms with Crippen LogP contribution in [0, 0.1) is 11.8 Å². The lowest BCUT2D eigenvalue weighted by atomic mass is 9.97. The van der Waals surface area contributed by atoms with Crippen LogP contribution in [0.2, 0.25) is 19.6 Å². The van der Waals surface area contributed by atoms with E-state index in [-0.39, 0.29) is 24.5 Å². The second-order valence-corrected chi connectivity index (χ2v) is 30.0. The van der Waals surface area contributed by atoms with E-state index in [9.17, 15) is 14.4 Å². The average molecular weight is 977 g/mol. The van der Waals surface area contributed by atoms with E-state index in [1.807, 2.05) is 36.4 Å². The van der Waals surface area contributed by atoms with Crippen molar-refractivity contribution in [2.24, 2.45) is 11.8 Å². The number of benzene rings is 2. The molecule has 0 atom stereocenters. The fraction of sp³-hybridized carbons (Fsp3) is 0.659. The molecular weight excluding hydrogens is 900 g/mol. The number of amides is 1. The molecule has 1 amide bonds. The molecule has 2 aliphatic rings. The van der Waals surface area contributed by atoms with Crippen molar-refractivity contribution in [2.75, 3.05) is 94.8 Å². The first kappa shape index (κ1) is 54.3. The summed E-state index contributed by atoms with van der Waals surface area (Å²) >= 11 is 6.95. The van der Waals surface area contributed by atoms with Gasteiger partial charge < -0.3 is 43.6 Å². The Morgan fingerprint density at radius 3 is 1.44 bits per heavy atom. The van der Waals surface area contributed by atoms with Crippen molar-refractivity contribution in [3.05, 3.63) is 59.7 Å². The first-order valence-electron chi connectivity index (χ1n) is 20.9. The lowest BCUT2D eigenvalue weighted by molar-refractivity contribution is -0.870. The monoisotopic (exact) mass is 974 g/mol. The number of carbonyl (C=O) groups excluding carboxylic acids is 1. The van der Waals surface area contributed by atoms with Crippen LogP contribution in [0.15, 0.2) is 48.5 Å². The van der Waals surface area contributed by atoms with E-state index in [4.69, 9.17) is 24.4 Å². The molecule has 2 aliphatic heterocycles. The number of carboxylic acid groups (broad SMARTS) is 2. The maximum absolute atomic E-state index is 12.1. The predicted molar refractivity (Wildman–Crippen MR) is 248 cm³/mol. The van der Waals surface area contributed by atoms with E-state index >= 15 is 0 Å². The Kier molecular flexibility index (Phi) is 26.5. The lowest BCUT2D eigenvalue weighted by Crippen LogP contribution is -2.40. The van der Waals surface area contributed by atoms with Gasteiger partial charge in [0.15, 0.2) is 0 Å². The number of quaternary nitrogens is 2. The van der Waals surface area contributed by atoms with Crippen LogP contribution in [0.5, 0.6) is 11.5 Å². The zero-order valence-electron chi connectivity index (χ0n) is 37.4. The van der Waals surface area contributed by atoms with Crippen LogP contribution in [-0.2, 0) is 26.3 Å². The highest BCUT2D eigenvalue weighted by molar-refractivity contribution is 9.26. The van der Waals surface area contributed by atoms with E-state index in [1.165, 1.54) is 18.5 Å². The van der Waals surface area contributed by atoms with Crippen molar-refractivity contribution >= 4 is 55.9 Å². The molecule has 336 valence electrons. The zero-order chi connectivity index (χ0) is 44.5. The molecule has 15 heteroatoms. The summed E-state index contributed by atoms with van der Waals surface area (Å²) < 4.78 is 18.8. The van der Waals surface area contributed by atoms with Crippen molar-refractivity contribution in [3.8, 4) is 11.5 Å². The predicted octanol–water partition coefficient (Wildman–Crippen LogP) is 8.72. The molecule has 0 radical (unpaired) electrons. The Balaban J connectivity index is 0.000000470. The lowest BCUT2D eigenvalue weighted by Gasteiger charge is -2.29. The second kappa shape index (κ2) is 28.8. The third kappa shape index (κ3) is 30.1. The molecule has 0 aliphatic carbocycles. The number of ether oxygens (including phenoxy) is 3. The van der Waals surface area contributed by atoms with Crippen LogP contribution in [0.3, 0.4) is 0 Å². The molecule has 0 bridgehead atoms. The standard InChI is InChI=1S/C21H32N2O5.C14H23BrNO.C6H11NO2.C3H9BrSi/c1-23(2,3)14-4-5-15-27-19-8-6-17(7-9-19)16-28-21(26)22-12-10-18(11-13-22)20(24)25;1-16(2,3)10-4-5-11-17-14-8-6-13(12-15)7-9-14;8-6(9)5-1-3-7-4-2-5;1-5(2,3)4/h6-9,18H,4-5,10-16H2,1-3H3;6-9H,4-5,10-12H2,1-3H3;5,7H,1-4H2,(H,8,9);1-3H3/q;+1;;/p+1. The quantitative estimate of drug-likeness (QED) is 0.0468. The van der Waals surface area contributed by atoms with Gasteiger partial charge in [0.2, 0.25) is 0 Å². The van der Waals surface area contributed by atoms with Gasteiger partial charge in [-0.3, -0.25) is 9.59 Å². The summed E-state index contributed by atoms with van der Waals surface area (Å²) in [7, 11) is 13.2. The highest BCUT2D eigenvalue weighted by atomic mass is 79.9. The van der Waals surface area contributed by atoms with E-state index in [1.54, 1.807) is 4.90 Å². The van der Waals surface area contributed by atoms with Crippen LogP contribution in [0.4, 0.5) is 4.79 Å². The molecule has 0 saturated carbocycles. The van der Waals surface area contributed by atoms with Crippen LogP contribution in [0.25, 0.3) is 0 Å². The fourth-order valence-electron chi connectivity index (χ4n) is 5.73. The molecule has 2 aromatic rings. The first-order valence-corrected chi connectivity index (χ1v) is 27.8. The summed E-state index contributed by atoms with van der Waals surface area (Å²) in [5.74, 6) is -0.0911. The number of hydrogen-bond donors (Lipinski definition) is 3. The van der Waals surface area contributed by atoms with Gasteiger partial charge in [0.25, 0.3) is 0 Å². The number of nitrogens with one attached hydrogen (secondary N) is 1. The molecule has 2 heterocycles. The Labute approximate surface area is 372 Å². The smallest absolute Gasteiger partial charge is 0.410 e. The van der Waals surface area contributed by atoms with Crippen LogP contribution >= 0.6 is 31.2 Å². The van der Waals surface area contributed by atoms with Crippen LogP contribution in [-0.4, -0.2) is 144 Å². The third-order valence-corrected chi connectivity index (χ3v) is 9.79. The zero-order valence-corrected chi connectivity index (χ0v) is 41.6. The van der Waals surface area contributed by atoms with Crippen molar-refractivity contribution in [3.63, 3.8) is 0 Å². The highest BCUT2D eigenvalue weighted by Gasteiger charge is 2.27. The van der Waals surface area contributed by atoms with Crippen LogP contribution in [0.1, 0.15) is 62.5 Å². The Morgan fingerprint density at radius 2 is 1.08 bits per heavy atom. The maximum Gasteiger partial charge on any atom is 0.410 e. The number of piperidine rings is 2. The number of unbranched alkanes of at least 4 members (excludes halogenated alkanes) is 2. The number of halogens is 2. The van der Waals surface area contributed by atoms with Crippen molar-refractivity contribution in [1.29, 1.82) is 0 Å². The van der Waals surface area contributed by atoms with Crippen molar-refractivity contribution in [1.82, 2.24) is 10.2 Å². The van der Waals surface area contributed by atoms with Gasteiger partial charge in [0.1, 0.15) is 24.8 Å². The largest absolute Gasteiger partial charge is 0.494 e. The van der Waals surface area contributed by atoms with E-state index in [0.29, 0.717) is 32.5 Å². The number of likely N-dealkylation sites (tertiary alicyclic amines) is 1. The van der Waals surface area contributed by atoms with Crippen molar-refractivity contribution < 1.29 is 47.8 Å². The van der Waals surface area contributed by atoms with Crippen LogP contribution < -0.4 is 14.8 Å². The first-order chi connectivity index (χ1) is 27.6. The summed E-state index contributed by atoms with van der Waals surface area (Å²) in [5.41, 5.74) is 2.17. The fourth-order valence-corrected chi connectivity index (χ4v) is 6.10. The highest BCUT2D eigenvalue weighted by Crippen LogP contribution is 2.19. The van der Waals surface area contributed by atoms with Gasteiger partial charge >= 0.3 is 18.0 Å². The molecule has 12 nitrogen and oxygen atoms in total. The Hall–Kier alpha value is -2.69. The summed E-state index contributed by atoms with van der Waals surface area (Å²) in [4.78, 5) is 35.0. The minimum atomic E-state index is -0.799. The number of alkyl halides is 1. The molecule has 0 aromatic heterocycles. The summed E-state index contributed by atoms with van der Waals surface area (Å²) in [5, 5.41) is 21.5. The normalized spacial score (nSPS) is 14.9. The summed E-state index contributed by atoms with van der Waals surface area (Å²) in [6, 6.07) is 15.8. The molecular formula is C44H76Br2N4O8Si+2. The van der Waals surface area contributed by atoms with Crippen molar-refractivity contribution in [2.45, 2.75) is 82.9 Å². The summed E-state index contributed by atoms with van der Waals surface area (Å²) in [6.07, 6.45) is 6.62. The van der Waals surface area contributed by atoms with Gasteiger partial charge in [-0.1, -0.05) is 59.8 Å². The number of rotatable bonds is 17. The summed E-state index contributed by atoms with van der Waals surface area (Å²) in [6.45, 7) is 12.5. The minimum Gasteiger partial charge on any atom is -0.494 e. The van der Waals surface area contributed by atoms with Gasteiger partial charge in [0.05, 0.1) is 80.4 Å². The van der Waals surface area contributed by atoms with Gasteiger partial charge in [-0.2, -0.15) is 0 Å². The van der Waals surface area contributed by atoms with Gasteiger partial charge in [-0.25, -0.2) is 4.79 Å². The Bertz CT molecular complexity index is 1450. The molecule has 0 unspecified atom stereocenters. The third-order valence-electron chi connectivity index (χ3n) is 9.14. The molecule has 3 N–H and O–H groups in total. The topological polar surface area (TPSA) is 135 Å². The number of carbonyl (C=O) groups is 3. The molecule has 59 heavy (non-hydrogen) atoms. The number of carboxylic acids is 2. The van der Waals surface area contributed by atoms with E-state index < -0.39 is 18.6 Å². The average Bonchev–Trinajstić information content (AvgIpc) is 3.17. The Morgan fingerprint density at radius 1 is 0.695 bits per heavy atom. The van der Waals surface area contributed by atoms with E-state index in [0.717, 1.165) is 89.7 Å². The number of nitrogens with zero attached hydrogens (tertiary/aromatic N) is 3. The molecule has 2 aromatic carbocycles. The molecule has 4 rings (SSSR count). The molecule has 2 fully saturated rings. The van der Waals surface area contributed by atoms with Gasteiger partial charge in [0, 0.05) is 18.4 Å². The molecule has 2 saturated heterocycles.